The van der Waals surface area contributed by atoms with E-state index in [1.807, 2.05) is 6.92 Å². The van der Waals surface area contributed by atoms with Gasteiger partial charge in [-0.05, 0) is 43.4 Å². The summed E-state index contributed by atoms with van der Waals surface area (Å²) in [6.07, 6.45) is 1.80. The summed E-state index contributed by atoms with van der Waals surface area (Å²) in [6, 6.07) is 6.04. The molecule has 0 radical (unpaired) electrons. The Hall–Kier alpha value is -1.91. The average molecular weight is 320 g/mol. The fraction of sp³-hybridized carbons (Fsp3) is 0.556. The number of nitrogens with zero attached hydrogens (tertiary/aromatic N) is 1. The van der Waals surface area contributed by atoms with E-state index in [1.54, 1.807) is 17.0 Å². The highest BCUT2D eigenvalue weighted by atomic mass is 19.1. The lowest BCUT2D eigenvalue weighted by Gasteiger charge is -2.34. The third-order valence-electron chi connectivity index (χ3n) is 4.47. The van der Waals surface area contributed by atoms with Crippen LogP contribution in [-0.4, -0.2) is 28.8 Å². The van der Waals surface area contributed by atoms with Gasteiger partial charge in [-0.15, -0.1) is 0 Å². The molecule has 1 heterocycles. The van der Waals surface area contributed by atoms with Gasteiger partial charge in [-0.25, -0.2) is 4.39 Å². The smallest absolute Gasteiger partial charge is 0.245 e. The van der Waals surface area contributed by atoms with Gasteiger partial charge in [0.05, 0.1) is 0 Å². The van der Waals surface area contributed by atoms with Gasteiger partial charge in [-0.2, -0.15) is 0 Å². The van der Waals surface area contributed by atoms with Crippen LogP contribution in [0, 0.1) is 11.7 Å². The Morgan fingerprint density at radius 2 is 2.00 bits per heavy atom. The maximum absolute atomic E-state index is 13.0. The second kappa shape index (κ2) is 7.11. The third kappa shape index (κ3) is 4.09. The first-order valence-electron chi connectivity index (χ1n) is 8.16. The minimum absolute atomic E-state index is 0.0316. The van der Waals surface area contributed by atoms with Crippen LogP contribution in [0.5, 0.6) is 0 Å². The molecule has 1 saturated heterocycles. The molecule has 1 aromatic carbocycles. The van der Waals surface area contributed by atoms with Crippen molar-refractivity contribution >= 4 is 11.8 Å². The SMILES string of the molecule is CC(C)CCNC(=O)[C@@]1(C)CCC(=O)N1Cc1ccc(F)cc1. The molecule has 0 spiro atoms. The number of halogens is 1. The van der Waals surface area contributed by atoms with Crippen LogP contribution in [-0.2, 0) is 16.1 Å². The van der Waals surface area contributed by atoms with Crippen LogP contribution < -0.4 is 5.32 Å². The van der Waals surface area contributed by atoms with E-state index in [9.17, 15) is 14.0 Å². The van der Waals surface area contributed by atoms with Crippen molar-refractivity contribution in [2.45, 2.75) is 52.1 Å². The van der Waals surface area contributed by atoms with E-state index in [2.05, 4.69) is 19.2 Å². The molecular formula is C18H25FN2O2. The lowest BCUT2D eigenvalue weighted by Crippen LogP contribution is -2.54. The lowest BCUT2D eigenvalue weighted by atomic mass is 9.96. The predicted octanol–water partition coefficient (Wildman–Crippen LogP) is 2.87. The van der Waals surface area contributed by atoms with Crippen molar-refractivity contribution in [2.75, 3.05) is 6.54 Å². The number of carbonyl (C=O) groups excluding carboxylic acids is 2. The Labute approximate surface area is 137 Å². The van der Waals surface area contributed by atoms with E-state index in [0.29, 0.717) is 31.8 Å². The van der Waals surface area contributed by atoms with E-state index in [1.165, 1.54) is 12.1 Å². The molecule has 5 heteroatoms. The molecule has 1 aliphatic heterocycles. The van der Waals surface area contributed by atoms with Gasteiger partial charge in [0.1, 0.15) is 11.4 Å². The van der Waals surface area contributed by atoms with Crippen LogP contribution in [0.3, 0.4) is 0 Å². The summed E-state index contributed by atoms with van der Waals surface area (Å²) in [6.45, 7) is 6.96. The molecule has 23 heavy (non-hydrogen) atoms. The molecule has 126 valence electrons. The second-order valence-electron chi connectivity index (χ2n) is 6.82. The van der Waals surface area contributed by atoms with Gasteiger partial charge in [0.25, 0.3) is 0 Å². The summed E-state index contributed by atoms with van der Waals surface area (Å²) in [7, 11) is 0. The first-order chi connectivity index (χ1) is 10.8. The zero-order valence-electron chi connectivity index (χ0n) is 14.1. The van der Waals surface area contributed by atoms with Crippen molar-refractivity contribution in [1.82, 2.24) is 10.2 Å². The molecular weight excluding hydrogens is 295 g/mol. The summed E-state index contributed by atoms with van der Waals surface area (Å²) >= 11 is 0. The van der Waals surface area contributed by atoms with Crippen molar-refractivity contribution in [3.8, 4) is 0 Å². The summed E-state index contributed by atoms with van der Waals surface area (Å²) in [5, 5.41) is 2.95. The Morgan fingerprint density at radius 3 is 2.61 bits per heavy atom. The maximum atomic E-state index is 13.0. The highest BCUT2D eigenvalue weighted by Gasteiger charge is 2.46. The molecule has 2 rings (SSSR count). The number of hydrogen-bond acceptors (Lipinski definition) is 2. The Balaban J connectivity index is 2.07. The van der Waals surface area contributed by atoms with Crippen molar-refractivity contribution in [2.24, 2.45) is 5.92 Å². The van der Waals surface area contributed by atoms with Crippen LogP contribution in [0.15, 0.2) is 24.3 Å². The van der Waals surface area contributed by atoms with Crippen molar-refractivity contribution in [3.63, 3.8) is 0 Å². The quantitative estimate of drug-likeness (QED) is 0.876. The predicted molar refractivity (Wildman–Crippen MR) is 87.1 cm³/mol. The van der Waals surface area contributed by atoms with E-state index in [0.717, 1.165) is 12.0 Å². The highest BCUT2D eigenvalue weighted by Crippen LogP contribution is 2.32. The molecule has 0 aliphatic carbocycles. The van der Waals surface area contributed by atoms with E-state index < -0.39 is 5.54 Å². The minimum Gasteiger partial charge on any atom is -0.354 e. The summed E-state index contributed by atoms with van der Waals surface area (Å²) in [5.41, 5.74) is -0.00882. The number of nitrogens with one attached hydrogen (secondary N) is 1. The molecule has 4 nitrogen and oxygen atoms in total. The van der Waals surface area contributed by atoms with Gasteiger partial charge in [-0.1, -0.05) is 26.0 Å². The van der Waals surface area contributed by atoms with E-state index in [-0.39, 0.29) is 17.6 Å². The number of carbonyl (C=O) groups is 2. The van der Waals surface area contributed by atoms with Crippen molar-refractivity contribution in [3.05, 3.63) is 35.6 Å². The largest absolute Gasteiger partial charge is 0.354 e. The van der Waals surface area contributed by atoms with Gasteiger partial charge in [0, 0.05) is 19.5 Å². The second-order valence-corrected chi connectivity index (χ2v) is 6.82. The summed E-state index contributed by atoms with van der Waals surface area (Å²) in [4.78, 5) is 26.4. The van der Waals surface area contributed by atoms with E-state index >= 15 is 0 Å². The average Bonchev–Trinajstić information content (AvgIpc) is 2.78. The first-order valence-corrected chi connectivity index (χ1v) is 8.16. The molecule has 1 aromatic rings. The molecule has 0 aromatic heterocycles. The van der Waals surface area contributed by atoms with Gasteiger partial charge >= 0.3 is 0 Å². The van der Waals surface area contributed by atoms with Crippen molar-refractivity contribution < 1.29 is 14.0 Å². The standard InChI is InChI=1S/C18H25FN2O2/c1-13(2)9-11-20-17(23)18(3)10-8-16(22)21(18)12-14-4-6-15(19)7-5-14/h4-7,13H,8-12H2,1-3H3,(H,20,23)/t18-/m1/s1. The van der Waals surface area contributed by atoms with Gasteiger partial charge < -0.3 is 10.2 Å². The molecule has 1 fully saturated rings. The molecule has 2 amide bonds. The fourth-order valence-corrected chi connectivity index (χ4v) is 2.83. The third-order valence-corrected chi connectivity index (χ3v) is 4.47. The number of rotatable bonds is 6. The molecule has 1 atom stereocenters. The lowest BCUT2D eigenvalue weighted by molar-refractivity contribution is -0.141. The summed E-state index contributed by atoms with van der Waals surface area (Å²) < 4.78 is 13.0. The number of amides is 2. The monoisotopic (exact) mass is 320 g/mol. The van der Waals surface area contributed by atoms with Crippen LogP contribution in [0.25, 0.3) is 0 Å². The Morgan fingerprint density at radius 1 is 1.35 bits per heavy atom. The van der Waals surface area contributed by atoms with Crippen LogP contribution in [0.2, 0.25) is 0 Å². The fourth-order valence-electron chi connectivity index (χ4n) is 2.83. The number of hydrogen-bond donors (Lipinski definition) is 1. The van der Waals surface area contributed by atoms with Crippen LogP contribution in [0.1, 0.15) is 45.6 Å². The molecule has 0 saturated carbocycles. The number of likely N-dealkylation sites (tertiary alicyclic amines) is 1. The van der Waals surface area contributed by atoms with Gasteiger partial charge in [0.15, 0.2) is 0 Å². The Kier molecular flexibility index (Phi) is 5.39. The summed E-state index contributed by atoms with van der Waals surface area (Å²) in [5.74, 6) is 0.0706. The van der Waals surface area contributed by atoms with Crippen LogP contribution in [0.4, 0.5) is 4.39 Å². The highest BCUT2D eigenvalue weighted by molar-refractivity contribution is 5.94. The van der Waals surface area contributed by atoms with Crippen molar-refractivity contribution in [1.29, 1.82) is 0 Å². The first kappa shape index (κ1) is 17.4. The maximum Gasteiger partial charge on any atom is 0.245 e. The van der Waals surface area contributed by atoms with Gasteiger partial charge in [-0.3, -0.25) is 9.59 Å². The molecule has 1 N–H and O–H groups in total. The zero-order valence-corrected chi connectivity index (χ0v) is 14.1. The molecule has 0 unspecified atom stereocenters. The Bertz CT molecular complexity index is 571. The minimum atomic E-state index is -0.831. The topological polar surface area (TPSA) is 49.4 Å². The van der Waals surface area contributed by atoms with E-state index in [4.69, 9.17) is 0 Å². The number of benzene rings is 1. The van der Waals surface area contributed by atoms with Gasteiger partial charge in [0.2, 0.25) is 11.8 Å². The molecule has 0 bridgehead atoms. The molecule has 1 aliphatic rings. The zero-order chi connectivity index (χ0) is 17.0. The van der Waals surface area contributed by atoms with Crippen LogP contribution >= 0.6 is 0 Å². The normalized spacial score (nSPS) is 21.1.